The van der Waals surface area contributed by atoms with Gasteiger partial charge in [-0.2, -0.15) is 13.2 Å². The predicted octanol–water partition coefficient (Wildman–Crippen LogP) is 5.10. The first-order chi connectivity index (χ1) is 12.2. The van der Waals surface area contributed by atoms with Crippen LogP contribution >= 0.6 is 11.6 Å². The number of benzene rings is 1. The van der Waals surface area contributed by atoms with Gasteiger partial charge in [0.15, 0.2) is 0 Å². The molecule has 1 saturated carbocycles. The molecule has 0 unspecified atom stereocenters. The molecule has 1 aliphatic rings. The van der Waals surface area contributed by atoms with Crippen LogP contribution in [0.3, 0.4) is 0 Å². The maximum Gasteiger partial charge on any atom is 0.422 e. The van der Waals surface area contributed by atoms with Crippen molar-refractivity contribution < 1.29 is 27.4 Å². The van der Waals surface area contributed by atoms with Crippen LogP contribution in [0, 0.1) is 5.82 Å². The van der Waals surface area contributed by atoms with Crippen molar-refractivity contribution in [1.29, 1.82) is 0 Å². The predicted molar refractivity (Wildman–Crippen MR) is 87.4 cm³/mol. The molecule has 0 amide bonds. The summed E-state index contributed by atoms with van der Waals surface area (Å²) in [7, 11) is 0. The van der Waals surface area contributed by atoms with Crippen molar-refractivity contribution in [1.82, 2.24) is 4.98 Å². The Bertz CT molecular complexity index is 772. The van der Waals surface area contributed by atoms with E-state index in [1.54, 1.807) is 0 Å². The number of hydrogen-bond acceptors (Lipinski definition) is 3. The normalized spacial score (nSPS) is 23.7. The highest BCUT2D eigenvalue weighted by Gasteiger charge is 2.40. The van der Waals surface area contributed by atoms with Crippen LogP contribution < -0.4 is 4.74 Å². The van der Waals surface area contributed by atoms with E-state index < -0.39 is 34.4 Å². The minimum atomic E-state index is -4.68. The summed E-state index contributed by atoms with van der Waals surface area (Å²) in [4.78, 5) is 3.46. The van der Waals surface area contributed by atoms with Gasteiger partial charge in [0.2, 0.25) is 0 Å². The van der Waals surface area contributed by atoms with E-state index in [4.69, 9.17) is 16.3 Å². The fourth-order valence-electron chi connectivity index (χ4n) is 3.19. The smallest absolute Gasteiger partial charge is 0.422 e. The molecular weight excluding hydrogens is 374 g/mol. The molecular formula is C18H16ClF4NO2. The molecule has 1 aromatic carbocycles. The second kappa shape index (κ2) is 7.04. The first-order valence-electron chi connectivity index (χ1n) is 8.06. The molecule has 1 heterocycles. The monoisotopic (exact) mass is 389 g/mol. The summed E-state index contributed by atoms with van der Waals surface area (Å²) in [5.74, 6) is -0.765. The Morgan fingerprint density at radius 1 is 1.12 bits per heavy atom. The van der Waals surface area contributed by atoms with Gasteiger partial charge in [0.1, 0.15) is 22.3 Å². The molecule has 1 aliphatic carbocycles. The van der Waals surface area contributed by atoms with Crippen LogP contribution in [0.4, 0.5) is 17.6 Å². The molecule has 2 aromatic rings. The number of aromatic nitrogens is 1. The zero-order valence-electron chi connectivity index (χ0n) is 13.6. The first-order valence-corrected chi connectivity index (χ1v) is 8.44. The van der Waals surface area contributed by atoms with Gasteiger partial charge in [0, 0.05) is 6.20 Å². The minimum Gasteiger partial charge on any atom is -0.490 e. The SMILES string of the molecule is OC1(c2ccc(F)cc2)CCC(Oc2ccnc(Cl)c2C(F)(F)F)CC1. The van der Waals surface area contributed by atoms with Crippen molar-refractivity contribution in [2.75, 3.05) is 0 Å². The van der Waals surface area contributed by atoms with E-state index in [2.05, 4.69) is 4.98 Å². The molecule has 0 saturated heterocycles. The largest absolute Gasteiger partial charge is 0.490 e. The van der Waals surface area contributed by atoms with Crippen molar-refractivity contribution in [3.8, 4) is 5.75 Å². The van der Waals surface area contributed by atoms with Crippen molar-refractivity contribution in [2.45, 2.75) is 43.6 Å². The Morgan fingerprint density at radius 3 is 2.31 bits per heavy atom. The highest BCUT2D eigenvalue weighted by molar-refractivity contribution is 6.30. The first kappa shape index (κ1) is 18.9. The third-order valence-corrected chi connectivity index (χ3v) is 4.87. The number of hydrogen-bond donors (Lipinski definition) is 1. The van der Waals surface area contributed by atoms with Gasteiger partial charge in [-0.3, -0.25) is 0 Å². The molecule has 3 nitrogen and oxygen atoms in total. The van der Waals surface area contributed by atoms with Crippen molar-refractivity contribution in [3.63, 3.8) is 0 Å². The van der Waals surface area contributed by atoms with Crippen LogP contribution in [0.5, 0.6) is 5.75 Å². The van der Waals surface area contributed by atoms with Crippen LogP contribution in [0.2, 0.25) is 5.15 Å². The van der Waals surface area contributed by atoms with Crippen molar-refractivity contribution in [2.24, 2.45) is 0 Å². The molecule has 0 atom stereocenters. The van der Waals surface area contributed by atoms with Gasteiger partial charge < -0.3 is 9.84 Å². The fourth-order valence-corrected chi connectivity index (χ4v) is 3.45. The average molecular weight is 390 g/mol. The van der Waals surface area contributed by atoms with E-state index >= 15 is 0 Å². The molecule has 3 rings (SSSR count). The summed E-state index contributed by atoms with van der Waals surface area (Å²) in [6.45, 7) is 0. The summed E-state index contributed by atoms with van der Waals surface area (Å²) in [6.07, 6.45) is -2.71. The highest BCUT2D eigenvalue weighted by atomic mass is 35.5. The molecule has 0 radical (unpaired) electrons. The average Bonchev–Trinajstić information content (AvgIpc) is 2.56. The van der Waals surface area contributed by atoms with Gasteiger partial charge in [-0.15, -0.1) is 0 Å². The van der Waals surface area contributed by atoms with E-state index in [1.165, 1.54) is 24.3 Å². The Balaban J connectivity index is 1.72. The van der Waals surface area contributed by atoms with E-state index in [-0.39, 0.29) is 5.75 Å². The number of halogens is 5. The standard InChI is InChI=1S/C18H16ClF4NO2/c19-16-15(18(21,22)23)14(7-10-24-16)26-13-5-8-17(25,9-6-13)11-1-3-12(20)4-2-11/h1-4,7,10,13,25H,5-6,8-9H2. The molecule has 1 aromatic heterocycles. The van der Waals surface area contributed by atoms with Gasteiger partial charge in [0.25, 0.3) is 0 Å². The summed E-state index contributed by atoms with van der Waals surface area (Å²) in [5, 5.41) is 10.1. The molecule has 140 valence electrons. The van der Waals surface area contributed by atoms with E-state index in [0.29, 0.717) is 31.2 Å². The molecule has 1 N–H and O–H groups in total. The Hall–Kier alpha value is -1.86. The Labute approximate surface area is 152 Å². The molecule has 0 spiro atoms. The third kappa shape index (κ3) is 3.94. The van der Waals surface area contributed by atoms with Gasteiger partial charge >= 0.3 is 6.18 Å². The maximum atomic E-state index is 13.2. The van der Waals surface area contributed by atoms with Crippen LogP contribution in [-0.4, -0.2) is 16.2 Å². The molecule has 0 aliphatic heterocycles. The lowest BCUT2D eigenvalue weighted by Gasteiger charge is -2.36. The van der Waals surface area contributed by atoms with Gasteiger partial charge in [-0.1, -0.05) is 23.7 Å². The van der Waals surface area contributed by atoms with Crippen LogP contribution in [0.1, 0.15) is 36.8 Å². The lowest BCUT2D eigenvalue weighted by molar-refractivity contribution is -0.139. The summed E-state index contributed by atoms with van der Waals surface area (Å²) >= 11 is 5.59. The summed E-state index contributed by atoms with van der Waals surface area (Å²) in [6, 6.07) is 6.70. The van der Waals surface area contributed by atoms with Gasteiger partial charge in [-0.25, -0.2) is 9.37 Å². The quantitative estimate of drug-likeness (QED) is 0.586. The van der Waals surface area contributed by atoms with E-state index in [0.717, 1.165) is 12.3 Å². The Kier molecular flexibility index (Phi) is 5.12. The molecule has 26 heavy (non-hydrogen) atoms. The summed E-state index contributed by atoms with van der Waals surface area (Å²) < 4.78 is 58.1. The lowest BCUT2D eigenvalue weighted by Crippen LogP contribution is -2.35. The van der Waals surface area contributed by atoms with E-state index in [9.17, 15) is 22.7 Å². The second-order valence-corrected chi connectivity index (χ2v) is 6.69. The van der Waals surface area contributed by atoms with Crippen LogP contribution in [0.15, 0.2) is 36.5 Å². The number of nitrogens with zero attached hydrogens (tertiary/aromatic N) is 1. The van der Waals surface area contributed by atoms with Crippen molar-refractivity contribution in [3.05, 3.63) is 58.6 Å². The van der Waals surface area contributed by atoms with Crippen LogP contribution in [-0.2, 0) is 11.8 Å². The van der Waals surface area contributed by atoms with Gasteiger partial charge in [0.05, 0.1) is 11.7 Å². The molecule has 8 heteroatoms. The van der Waals surface area contributed by atoms with Crippen molar-refractivity contribution >= 4 is 11.6 Å². The number of alkyl halides is 3. The van der Waals surface area contributed by atoms with E-state index in [1.807, 2.05) is 0 Å². The zero-order valence-corrected chi connectivity index (χ0v) is 14.3. The zero-order chi connectivity index (χ0) is 18.9. The number of pyridine rings is 1. The third-order valence-electron chi connectivity index (χ3n) is 4.58. The summed E-state index contributed by atoms with van der Waals surface area (Å²) in [5.41, 5.74) is -1.66. The molecule has 0 bridgehead atoms. The second-order valence-electron chi connectivity index (χ2n) is 6.33. The Morgan fingerprint density at radius 2 is 1.73 bits per heavy atom. The minimum absolute atomic E-state index is 0.295. The lowest BCUT2D eigenvalue weighted by atomic mass is 9.78. The number of ether oxygens (including phenoxy) is 1. The maximum absolute atomic E-state index is 13.2. The number of aliphatic hydroxyl groups is 1. The fraction of sp³-hybridized carbons (Fsp3) is 0.389. The van der Waals surface area contributed by atoms with Crippen LogP contribution in [0.25, 0.3) is 0 Å². The highest BCUT2D eigenvalue weighted by Crippen LogP contribution is 2.43. The molecule has 1 fully saturated rings. The number of rotatable bonds is 3. The van der Waals surface area contributed by atoms with Gasteiger partial charge in [-0.05, 0) is 49.4 Å². The topological polar surface area (TPSA) is 42.4 Å².